The number of aromatic nitrogens is 4. The molecule has 388 valence electrons. The van der Waals surface area contributed by atoms with Crippen LogP contribution in [0.15, 0.2) is 212 Å². The molecule has 0 unspecified atom stereocenters. The fourth-order valence-electron chi connectivity index (χ4n) is 10.1. The van der Waals surface area contributed by atoms with E-state index in [1.54, 1.807) is 12.1 Å². The fourth-order valence-corrected chi connectivity index (χ4v) is 10.1. The molecule has 0 saturated carbocycles. The minimum Gasteiger partial charge on any atom is -0.510 e. The fraction of sp³-hybridized carbons (Fsp3) is 0.167. The molecule has 5 nitrogen and oxygen atoms in total. The number of benzene rings is 9. The SMILES string of the molecule is [2H]c1c([2H])c([2H])c(-c2cc(-c3cccc(C(C)(C)C)c3)c(-[n+]3[c-]n(-c4[c-]c(Oc5[c-]c6c(cc5)c5ccccc5n6-c5cc(C(C)(C)C)ccn5)ccc4)c4cc(-c5c([2H])c([2H])c([2H])c([2H])c5[2H])ccc43)c(-c3cccc(C(C)(C)C)c3)c2)c([2H])c1[2H].[Pt]. The Balaban J connectivity index is 0.00000800. The summed E-state index contributed by atoms with van der Waals surface area (Å²) in [5.41, 5.74) is 10.2. The average Bonchev–Trinajstić information content (AvgIpc) is 1.48. The molecule has 6 heteroatoms. The molecule has 3 heterocycles. The molecule has 12 rings (SSSR count). The van der Waals surface area contributed by atoms with Gasteiger partial charge in [0.05, 0.1) is 30.4 Å². The number of imidazole rings is 1. The Kier molecular flexibility index (Phi) is 10.7. The van der Waals surface area contributed by atoms with Crippen molar-refractivity contribution < 1.29 is 44.1 Å². The minimum absolute atomic E-state index is 0. The Labute approximate surface area is 487 Å². The molecule has 0 N–H and O–H groups in total. The van der Waals surface area contributed by atoms with Crippen molar-refractivity contribution in [2.75, 3.05) is 0 Å². The first kappa shape index (κ1) is 41.0. The van der Waals surface area contributed by atoms with Gasteiger partial charge in [0.1, 0.15) is 5.82 Å². The third kappa shape index (κ3) is 9.93. The van der Waals surface area contributed by atoms with E-state index in [-0.39, 0.29) is 72.6 Å². The second-order valence-corrected chi connectivity index (χ2v) is 22.6. The predicted octanol–water partition coefficient (Wildman–Crippen LogP) is 18.2. The zero-order valence-electron chi connectivity index (χ0n) is 54.9. The maximum Gasteiger partial charge on any atom is 0.268 e. The van der Waals surface area contributed by atoms with Crippen molar-refractivity contribution >= 4 is 32.8 Å². The molecule has 78 heavy (non-hydrogen) atoms. The summed E-state index contributed by atoms with van der Waals surface area (Å²) in [4.78, 5) is 4.86. The van der Waals surface area contributed by atoms with Crippen LogP contribution in [0.1, 0.15) is 92.7 Å². The van der Waals surface area contributed by atoms with Gasteiger partial charge in [0, 0.05) is 44.3 Å². The van der Waals surface area contributed by atoms with Crippen molar-refractivity contribution in [3.63, 3.8) is 0 Å². The van der Waals surface area contributed by atoms with Crippen molar-refractivity contribution in [3.05, 3.63) is 247 Å². The molecule has 12 aromatic rings. The number of para-hydroxylation sites is 1. The van der Waals surface area contributed by atoms with Gasteiger partial charge in [0.25, 0.3) is 6.33 Å². The molecule has 0 saturated heterocycles. The van der Waals surface area contributed by atoms with Crippen LogP contribution in [-0.2, 0) is 37.3 Å². The van der Waals surface area contributed by atoms with Crippen LogP contribution >= 0.6 is 0 Å². The number of rotatable bonds is 9. The van der Waals surface area contributed by atoms with E-state index in [0.717, 1.165) is 55.4 Å². The van der Waals surface area contributed by atoms with Crippen molar-refractivity contribution in [2.24, 2.45) is 0 Å². The van der Waals surface area contributed by atoms with Gasteiger partial charge in [-0.2, -0.15) is 18.2 Å². The van der Waals surface area contributed by atoms with Crippen LogP contribution in [0.2, 0.25) is 0 Å². The summed E-state index contributed by atoms with van der Waals surface area (Å²) in [6.07, 6.45) is 5.56. The van der Waals surface area contributed by atoms with E-state index in [4.69, 9.17) is 20.7 Å². The van der Waals surface area contributed by atoms with Crippen molar-refractivity contribution in [1.29, 1.82) is 0 Å². The Bertz CT molecular complexity index is 4680. The third-order valence-electron chi connectivity index (χ3n) is 14.3. The molecule has 0 spiro atoms. The second-order valence-electron chi connectivity index (χ2n) is 22.6. The van der Waals surface area contributed by atoms with Crippen LogP contribution in [0.25, 0.3) is 94.5 Å². The molecule has 0 bridgehead atoms. The van der Waals surface area contributed by atoms with E-state index in [1.165, 1.54) is 0 Å². The number of nitrogens with zero attached hydrogens (tertiary/aromatic N) is 4. The van der Waals surface area contributed by atoms with Gasteiger partial charge in [-0.3, -0.25) is 4.57 Å². The molecule has 0 radical (unpaired) electrons. The predicted molar refractivity (Wildman–Crippen MR) is 318 cm³/mol. The number of hydrogen-bond acceptors (Lipinski definition) is 2. The van der Waals surface area contributed by atoms with Crippen molar-refractivity contribution in [1.82, 2.24) is 14.1 Å². The summed E-state index contributed by atoms with van der Waals surface area (Å²) in [5, 5.41) is 2.01. The Morgan fingerprint density at radius 1 is 0.487 bits per heavy atom. The van der Waals surface area contributed by atoms with Gasteiger partial charge in [-0.25, -0.2) is 4.98 Å². The van der Waals surface area contributed by atoms with E-state index in [2.05, 4.69) is 128 Å². The molecule has 3 aromatic heterocycles. The maximum absolute atomic E-state index is 9.29. The molecule has 0 aliphatic carbocycles. The quantitative estimate of drug-likeness (QED) is 0.107. The standard InChI is InChI=1S/C72H62N4O.Pt/c1-70(2,3)54-27-18-25-51(39-54)62-41-53(49-23-14-11-15-24-49)42-63(52-26-19-28-55(40-52)71(4,5)6)69(62)75-47-74(67-43-50(33-36-65(67)75)48-21-12-10-13-22-48)57-29-20-30-58(45-57)77-59-34-35-61-60-31-16-17-32-64(60)76(66(61)46-59)68-44-56(37-38-73-68)72(7,8)9;/h10-44H,1-9H3;/q-2;/i10D,11D,12D,13D,14D,15D,21D,22D,23D,24D;. The van der Waals surface area contributed by atoms with Crippen molar-refractivity contribution in [3.8, 4) is 73.2 Å². The van der Waals surface area contributed by atoms with Crippen LogP contribution < -0.4 is 9.30 Å². The third-order valence-corrected chi connectivity index (χ3v) is 14.3. The van der Waals surface area contributed by atoms with Gasteiger partial charge in [0.15, 0.2) is 0 Å². The summed E-state index contributed by atoms with van der Waals surface area (Å²) in [6.45, 7) is 19.4. The maximum atomic E-state index is 9.29. The van der Waals surface area contributed by atoms with E-state index in [9.17, 15) is 2.74 Å². The van der Waals surface area contributed by atoms with Crippen molar-refractivity contribution in [2.45, 2.75) is 78.6 Å². The number of hydrogen-bond donors (Lipinski definition) is 0. The first-order chi connectivity index (χ1) is 41.2. The van der Waals surface area contributed by atoms with Crippen LogP contribution in [0.3, 0.4) is 0 Å². The van der Waals surface area contributed by atoms with E-state index >= 15 is 0 Å². The van der Waals surface area contributed by atoms with Gasteiger partial charge in [0.2, 0.25) is 0 Å². The number of fused-ring (bicyclic) bond motifs is 4. The van der Waals surface area contributed by atoms with Gasteiger partial charge in [-0.1, -0.05) is 207 Å². The van der Waals surface area contributed by atoms with Gasteiger partial charge in [-0.05, 0) is 125 Å². The summed E-state index contributed by atoms with van der Waals surface area (Å²) in [7, 11) is 0. The first-order valence-electron chi connectivity index (χ1n) is 30.9. The normalized spacial score (nSPS) is 13.9. The largest absolute Gasteiger partial charge is 0.510 e. The Hall–Kier alpha value is -8.11. The molecule has 0 fully saturated rings. The van der Waals surface area contributed by atoms with Crippen LogP contribution in [-0.4, -0.2) is 14.1 Å². The zero-order valence-corrected chi connectivity index (χ0v) is 47.2. The summed E-state index contributed by atoms with van der Waals surface area (Å²) < 4.78 is 101. The summed E-state index contributed by atoms with van der Waals surface area (Å²) in [6, 6.07) is 50.3. The minimum atomic E-state index is -0.502. The van der Waals surface area contributed by atoms with Crippen LogP contribution in [0.5, 0.6) is 11.5 Å². The Morgan fingerprint density at radius 2 is 1.08 bits per heavy atom. The topological polar surface area (TPSA) is 35.9 Å². The van der Waals surface area contributed by atoms with E-state index in [0.29, 0.717) is 56.2 Å². The molecule has 0 amide bonds. The van der Waals surface area contributed by atoms with Gasteiger partial charge < -0.3 is 13.9 Å². The first-order valence-corrected chi connectivity index (χ1v) is 25.9. The van der Waals surface area contributed by atoms with Crippen LogP contribution in [0.4, 0.5) is 0 Å². The molecule has 9 aromatic carbocycles. The Morgan fingerprint density at radius 3 is 1.72 bits per heavy atom. The molecular formula is C72H62N4OPt-2. The average molecular weight is 1200 g/mol. The summed E-state index contributed by atoms with van der Waals surface area (Å²) in [5.74, 6) is 1.53. The van der Waals surface area contributed by atoms with Gasteiger partial charge in [-0.15, -0.1) is 29.7 Å². The van der Waals surface area contributed by atoms with Crippen LogP contribution in [0, 0.1) is 18.5 Å². The molecule has 0 aliphatic heterocycles. The van der Waals surface area contributed by atoms with E-state index in [1.807, 2.05) is 106 Å². The monoisotopic (exact) mass is 1200 g/mol. The molecular weight excluding hydrogens is 1130 g/mol. The second kappa shape index (κ2) is 20.4. The smallest absolute Gasteiger partial charge is 0.268 e. The molecule has 0 atom stereocenters. The zero-order chi connectivity index (χ0) is 61.9. The summed E-state index contributed by atoms with van der Waals surface area (Å²) >= 11 is 0. The number of pyridine rings is 1. The molecule has 0 aliphatic rings. The number of ether oxygens (including phenoxy) is 1. The van der Waals surface area contributed by atoms with E-state index < -0.39 is 36.3 Å². The van der Waals surface area contributed by atoms with Gasteiger partial charge >= 0.3 is 0 Å².